The topological polar surface area (TPSA) is 88.4 Å². The number of nitrogens with zero attached hydrogens (tertiary/aromatic N) is 2. The lowest BCUT2D eigenvalue weighted by Gasteiger charge is -2.31. The third-order valence-electron chi connectivity index (χ3n) is 3.63. The fourth-order valence-corrected chi connectivity index (χ4v) is 2.38. The summed E-state index contributed by atoms with van der Waals surface area (Å²) in [6.45, 7) is 1.89. The number of nitrogens with one attached hydrogen (secondary N) is 2. The minimum absolute atomic E-state index is 0.00540. The molecule has 0 radical (unpaired) electrons. The Labute approximate surface area is 123 Å². The van der Waals surface area contributed by atoms with Crippen LogP contribution in [-0.4, -0.2) is 49.4 Å². The molecule has 2 N–H and O–H groups in total. The van der Waals surface area contributed by atoms with Crippen LogP contribution in [-0.2, 0) is 4.79 Å². The van der Waals surface area contributed by atoms with Gasteiger partial charge in [-0.05, 0) is 18.9 Å². The normalized spacial score (nSPS) is 16.4. The first kappa shape index (κ1) is 15.2. The van der Waals surface area contributed by atoms with E-state index in [0.717, 1.165) is 25.9 Å². The fraction of sp³-hybridized carbons (Fsp3) is 0.500. The van der Waals surface area contributed by atoms with Crippen LogP contribution in [0.3, 0.4) is 0 Å². The lowest BCUT2D eigenvalue weighted by atomic mass is 10.0. The van der Waals surface area contributed by atoms with Crippen LogP contribution in [0.1, 0.15) is 23.3 Å². The maximum Gasteiger partial charge on any atom is 0.317 e. The maximum atomic E-state index is 12.0. The van der Waals surface area contributed by atoms with E-state index in [4.69, 9.17) is 0 Å². The van der Waals surface area contributed by atoms with Gasteiger partial charge in [-0.25, -0.2) is 0 Å². The van der Waals surface area contributed by atoms with Crippen LogP contribution in [0, 0.1) is 5.21 Å². The van der Waals surface area contributed by atoms with E-state index in [1.165, 1.54) is 12.3 Å². The first-order valence-electron chi connectivity index (χ1n) is 7.02. The predicted molar refractivity (Wildman–Crippen MR) is 76.4 cm³/mol. The van der Waals surface area contributed by atoms with Crippen LogP contribution >= 0.6 is 0 Å². The molecule has 0 unspecified atom stereocenters. The minimum Gasteiger partial charge on any atom is -0.618 e. The summed E-state index contributed by atoms with van der Waals surface area (Å²) in [5.41, 5.74) is 0.102. The lowest BCUT2D eigenvalue weighted by molar-refractivity contribution is -0.607. The van der Waals surface area contributed by atoms with E-state index in [2.05, 4.69) is 15.5 Å². The Hall–Kier alpha value is -2.15. The van der Waals surface area contributed by atoms with Crippen molar-refractivity contribution in [1.29, 1.82) is 0 Å². The molecule has 0 spiro atoms. The molecular weight excluding hydrogens is 272 g/mol. The second-order valence-electron chi connectivity index (χ2n) is 5.11. The molecule has 7 nitrogen and oxygen atoms in total. The summed E-state index contributed by atoms with van der Waals surface area (Å²) in [5, 5.41) is 17.0. The number of hydrogen-bond donors (Lipinski definition) is 2. The average molecular weight is 292 g/mol. The summed E-state index contributed by atoms with van der Waals surface area (Å²) >= 11 is 0. The van der Waals surface area contributed by atoms with Gasteiger partial charge < -0.3 is 15.8 Å². The molecule has 0 saturated carbocycles. The van der Waals surface area contributed by atoms with E-state index in [1.54, 1.807) is 19.2 Å². The molecule has 1 aliphatic rings. The smallest absolute Gasteiger partial charge is 0.317 e. The minimum atomic E-state index is -0.352. The van der Waals surface area contributed by atoms with Gasteiger partial charge in [0, 0.05) is 38.3 Å². The van der Waals surface area contributed by atoms with Gasteiger partial charge in [0.15, 0.2) is 6.20 Å². The molecule has 7 heteroatoms. The van der Waals surface area contributed by atoms with Crippen LogP contribution < -0.4 is 15.4 Å². The van der Waals surface area contributed by atoms with Crippen molar-refractivity contribution in [1.82, 2.24) is 15.5 Å². The first-order chi connectivity index (χ1) is 10.1. The highest BCUT2D eigenvalue weighted by molar-refractivity contribution is 5.91. The molecule has 2 rings (SSSR count). The third-order valence-corrected chi connectivity index (χ3v) is 3.63. The van der Waals surface area contributed by atoms with Gasteiger partial charge >= 0.3 is 5.91 Å². The summed E-state index contributed by atoms with van der Waals surface area (Å²) in [5.74, 6) is -0.357. The molecule has 0 aliphatic carbocycles. The fourth-order valence-electron chi connectivity index (χ4n) is 2.38. The van der Waals surface area contributed by atoms with E-state index in [-0.39, 0.29) is 23.6 Å². The first-order valence-corrected chi connectivity index (χ1v) is 7.02. The Bertz CT molecular complexity index is 513. The number of likely N-dealkylation sites (tertiary alicyclic amines) is 1. The second-order valence-corrected chi connectivity index (χ2v) is 5.11. The summed E-state index contributed by atoms with van der Waals surface area (Å²) in [7, 11) is 1.62. The largest absolute Gasteiger partial charge is 0.618 e. The van der Waals surface area contributed by atoms with E-state index >= 15 is 0 Å². The highest BCUT2D eigenvalue weighted by Gasteiger charge is 2.24. The zero-order chi connectivity index (χ0) is 15.2. The number of pyridine rings is 1. The van der Waals surface area contributed by atoms with E-state index < -0.39 is 0 Å². The summed E-state index contributed by atoms with van der Waals surface area (Å²) < 4.78 is 0.566. The lowest BCUT2D eigenvalue weighted by Crippen LogP contribution is -2.49. The van der Waals surface area contributed by atoms with Gasteiger partial charge in [0.2, 0.25) is 5.91 Å². The third kappa shape index (κ3) is 4.16. The van der Waals surface area contributed by atoms with Gasteiger partial charge in [0.1, 0.15) is 0 Å². The number of piperidine rings is 1. The molecule has 114 valence electrons. The molecule has 0 bridgehead atoms. The molecule has 1 fully saturated rings. The molecule has 0 atom stereocenters. The monoisotopic (exact) mass is 292 g/mol. The highest BCUT2D eigenvalue weighted by Crippen LogP contribution is 2.10. The van der Waals surface area contributed by atoms with Gasteiger partial charge in [-0.3, -0.25) is 14.5 Å². The van der Waals surface area contributed by atoms with Crippen molar-refractivity contribution in [3.05, 3.63) is 35.3 Å². The Kier molecular flexibility index (Phi) is 5.10. The molecule has 2 amide bonds. The molecular formula is C14H20N4O3. The van der Waals surface area contributed by atoms with Gasteiger partial charge in [-0.2, -0.15) is 4.73 Å². The zero-order valence-corrected chi connectivity index (χ0v) is 12.0. The van der Waals surface area contributed by atoms with Gasteiger partial charge in [0.25, 0.3) is 5.69 Å². The van der Waals surface area contributed by atoms with Crippen LogP contribution in [0.15, 0.2) is 24.4 Å². The Morgan fingerprint density at radius 1 is 1.38 bits per heavy atom. The maximum absolute atomic E-state index is 12.0. The summed E-state index contributed by atoms with van der Waals surface area (Å²) in [6, 6.07) is 4.79. The van der Waals surface area contributed by atoms with Crippen molar-refractivity contribution < 1.29 is 14.3 Å². The van der Waals surface area contributed by atoms with Gasteiger partial charge in [-0.15, -0.1) is 0 Å². The molecule has 1 aromatic heterocycles. The van der Waals surface area contributed by atoms with Gasteiger partial charge in [0.05, 0.1) is 6.54 Å². The van der Waals surface area contributed by atoms with E-state index in [0.29, 0.717) is 11.3 Å². The van der Waals surface area contributed by atoms with Crippen molar-refractivity contribution in [2.75, 3.05) is 26.7 Å². The molecule has 1 saturated heterocycles. The molecule has 0 aromatic carbocycles. The van der Waals surface area contributed by atoms with Gasteiger partial charge in [-0.1, -0.05) is 0 Å². The Morgan fingerprint density at radius 3 is 2.71 bits per heavy atom. The number of amides is 2. The predicted octanol–water partition coefficient (Wildman–Crippen LogP) is -0.740. The molecule has 1 aliphatic heterocycles. The Morgan fingerprint density at radius 2 is 2.10 bits per heavy atom. The summed E-state index contributed by atoms with van der Waals surface area (Å²) in [6.07, 6.45) is 2.85. The summed E-state index contributed by atoms with van der Waals surface area (Å²) in [4.78, 5) is 25.4. The second kappa shape index (κ2) is 7.03. The van der Waals surface area contributed by atoms with Crippen molar-refractivity contribution >= 4 is 11.8 Å². The van der Waals surface area contributed by atoms with E-state index in [1.807, 2.05) is 0 Å². The van der Waals surface area contributed by atoms with E-state index in [9.17, 15) is 14.8 Å². The average Bonchev–Trinajstić information content (AvgIpc) is 2.49. The van der Waals surface area contributed by atoms with Crippen molar-refractivity contribution in [3.8, 4) is 0 Å². The molecule has 2 heterocycles. The van der Waals surface area contributed by atoms with Crippen molar-refractivity contribution in [2.45, 2.75) is 18.9 Å². The number of aromatic nitrogens is 1. The SMILES string of the molecule is CNC(=O)CN1CCC(NC(=O)c2cccc[n+]2[O-])CC1. The van der Waals surface area contributed by atoms with Crippen LogP contribution in [0.5, 0.6) is 0 Å². The zero-order valence-electron chi connectivity index (χ0n) is 12.0. The standard InChI is InChI=1S/C14H20N4O3/c1-15-13(19)10-17-8-5-11(6-9-17)16-14(20)12-4-2-3-7-18(12)21/h2-4,7,11H,5-6,8-10H2,1H3,(H,15,19)(H,16,20). The number of likely N-dealkylation sites (N-methyl/N-ethyl adjacent to an activating group) is 1. The molecule has 21 heavy (non-hydrogen) atoms. The number of hydrogen-bond acceptors (Lipinski definition) is 4. The van der Waals surface area contributed by atoms with Crippen molar-refractivity contribution in [3.63, 3.8) is 0 Å². The Balaban J connectivity index is 1.82. The quantitative estimate of drug-likeness (QED) is 0.565. The number of carbonyl (C=O) groups is 2. The van der Waals surface area contributed by atoms with Crippen LogP contribution in [0.2, 0.25) is 0 Å². The molecule has 1 aromatic rings. The highest BCUT2D eigenvalue weighted by atomic mass is 16.5. The van der Waals surface area contributed by atoms with Crippen LogP contribution in [0.25, 0.3) is 0 Å². The number of rotatable bonds is 4. The van der Waals surface area contributed by atoms with Crippen molar-refractivity contribution in [2.24, 2.45) is 0 Å². The van der Waals surface area contributed by atoms with Crippen LogP contribution in [0.4, 0.5) is 0 Å². The number of carbonyl (C=O) groups excluding carboxylic acids is 2.